The fourth-order valence-electron chi connectivity index (χ4n) is 3.13. The summed E-state index contributed by atoms with van der Waals surface area (Å²) in [7, 11) is 0. The van der Waals surface area contributed by atoms with Gasteiger partial charge in [-0.05, 0) is 35.1 Å². The summed E-state index contributed by atoms with van der Waals surface area (Å²) in [5, 5.41) is 0.530. The molecule has 1 heterocycles. The Kier molecular flexibility index (Phi) is 5.03. The van der Waals surface area contributed by atoms with Crippen molar-refractivity contribution in [1.29, 1.82) is 0 Å². The Balaban J connectivity index is 1.98. The summed E-state index contributed by atoms with van der Waals surface area (Å²) in [6.45, 7) is 8.44. The Morgan fingerprint density at radius 3 is 2.46 bits per heavy atom. The highest BCUT2D eigenvalue weighted by atomic mass is 16.1. The summed E-state index contributed by atoms with van der Waals surface area (Å²) in [4.78, 5) is 29.8. The molecule has 4 heteroatoms. The molecule has 4 nitrogen and oxygen atoms in total. The van der Waals surface area contributed by atoms with Crippen molar-refractivity contribution in [3.05, 3.63) is 75.8 Å². The molecule has 2 aromatic carbocycles. The number of benzene rings is 2. The number of carbonyl (C=O) groups is 1. The molecule has 134 valence electrons. The number of hydrogen-bond donors (Lipinski definition) is 0. The Morgan fingerprint density at radius 2 is 1.77 bits per heavy atom. The van der Waals surface area contributed by atoms with Gasteiger partial charge in [0, 0.05) is 5.56 Å². The number of ketones is 1. The first-order valence-corrected chi connectivity index (χ1v) is 8.99. The van der Waals surface area contributed by atoms with E-state index in [1.165, 1.54) is 16.5 Å². The second-order valence-corrected chi connectivity index (χ2v) is 7.27. The van der Waals surface area contributed by atoms with E-state index in [1.807, 2.05) is 18.2 Å². The van der Waals surface area contributed by atoms with Crippen LogP contribution in [0.4, 0.5) is 0 Å². The molecule has 0 saturated carbocycles. The topological polar surface area (TPSA) is 52.0 Å². The standard InChI is InChI=1S/C22H24N2O2/c1-14(2)16-9-10-17(19(11-16)15(3)4)21(25)12-24-13-23-20-8-6-5-7-18(20)22(24)26/h5-11,13-15H,12H2,1-4H3. The quantitative estimate of drug-likeness (QED) is 0.637. The van der Waals surface area contributed by atoms with Crippen LogP contribution in [-0.2, 0) is 6.54 Å². The highest BCUT2D eigenvalue weighted by Gasteiger charge is 2.17. The van der Waals surface area contributed by atoms with Gasteiger partial charge in [-0.1, -0.05) is 58.0 Å². The van der Waals surface area contributed by atoms with Crippen molar-refractivity contribution in [1.82, 2.24) is 9.55 Å². The van der Waals surface area contributed by atoms with Crippen LogP contribution in [0.25, 0.3) is 10.9 Å². The van der Waals surface area contributed by atoms with Gasteiger partial charge in [0.25, 0.3) is 5.56 Å². The lowest BCUT2D eigenvalue weighted by molar-refractivity contribution is 0.0969. The first-order valence-electron chi connectivity index (χ1n) is 8.99. The molecule has 0 spiro atoms. The van der Waals surface area contributed by atoms with Crippen LogP contribution < -0.4 is 5.56 Å². The van der Waals surface area contributed by atoms with Crippen LogP contribution in [-0.4, -0.2) is 15.3 Å². The molecule has 3 rings (SSSR count). The molecule has 0 saturated heterocycles. The van der Waals surface area contributed by atoms with Crippen molar-refractivity contribution < 1.29 is 4.79 Å². The van der Waals surface area contributed by atoms with Gasteiger partial charge in [-0.3, -0.25) is 14.2 Å². The summed E-state index contributed by atoms with van der Waals surface area (Å²) >= 11 is 0. The highest BCUT2D eigenvalue weighted by molar-refractivity contribution is 5.97. The molecule has 0 bridgehead atoms. The summed E-state index contributed by atoms with van der Waals surface area (Å²) in [5.41, 5.74) is 3.39. The third kappa shape index (κ3) is 3.45. The molecule has 3 aromatic rings. The first kappa shape index (κ1) is 18.1. The number of hydrogen-bond acceptors (Lipinski definition) is 3. The van der Waals surface area contributed by atoms with E-state index in [1.54, 1.807) is 18.2 Å². The number of nitrogens with zero attached hydrogens (tertiary/aromatic N) is 2. The number of rotatable bonds is 5. The molecule has 0 radical (unpaired) electrons. The van der Waals surface area contributed by atoms with Crippen LogP contribution in [0.2, 0.25) is 0 Å². The van der Waals surface area contributed by atoms with Crippen LogP contribution in [0.1, 0.15) is 61.0 Å². The molecule has 1 aromatic heterocycles. The molecule has 0 atom stereocenters. The van der Waals surface area contributed by atoms with Gasteiger partial charge in [0.2, 0.25) is 0 Å². The third-order valence-electron chi connectivity index (χ3n) is 4.71. The lowest BCUT2D eigenvalue weighted by atomic mass is 9.90. The van der Waals surface area contributed by atoms with E-state index in [4.69, 9.17) is 0 Å². The van der Waals surface area contributed by atoms with Crippen molar-refractivity contribution in [2.45, 2.75) is 46.1 Å². The van der Waals surface area contributed by atoms with Crippen LogP contribution >= 0.6 is 0 Å². The van der Waals surface area contributed by atoms with Crippen molar-refractivity contribution in [3.63, 3.8) is 0 Å². The largest absolute Gasteiger partial charge is 0.292 e. The molecule has 0 aliphatic rings. The molecule has 0 N–H and O–H groups in total. The second kappa shape index (κ2) is 7.24. The first-order chi connectivity index (χ1) is 12.4. The van der Waals surface area contributed by atoms with E-state index in [2.05, 4.69) is 38.7 Å². The van der Waals surface area contributed by atoms with E-state index in [0.717, 1.165) is 5.56 Å². The zero-order chi connectivity index (χ0) is 18.8. The summed E-state index contributed by atoms with van der Waals surface area (Å²) < 4.78 is 1.39. The Hall–Kier alpha value is -2.75. The number of aromatic nitrogens is 2. The van der Waals surface area contributed by atoms with Crippen molar-refractivity contribution in [3.8, 4) is 0 Å². The molecule has 0 amide bonds. The fourth-order valence-corrected chi connectivity index (χ4v) is 3.13. The van der Waals surface area contributed by atoms with Gasteiger partial charge < -0.3 is 0 Å². The predicted octanol–water partition coefficient (Wildman–Crippen LogP) is 4.53. The van der Waals surface area contributed by atoms with Gasteiger partial charge in [-0.2, -0.15) is 0 Å². The van der Waals surface area contributed by atoms with E-state index in [0.29, 0.717) is 22.4 Å². The normalized spacial score (nSPS) is 11.5. The van der Waals surface area contributed by atoms with Gasteiger partial charge in [-0.25, -0.2) is 4.98 Å². The average Bonchev–Trinajstić information content (AvgIpc) is 2.63. The summed E-state index contributed by atoms with van der Waals surface area (Å²) in [5.74, 6) is 0.575. The average molecular weight is 348 g/mol. The van der Waals surface area contributed by atoms with Crippen molar-refractivity contribution in [2.24, 2.45) is 0 Å². The SMILES string of the molecule is CC(C)c1ccc(C(=O)Cn2cnc3ccccc3c2=O)c(C(C)C)c1. The van der Waals surface area contributed by atoms with Crippen LogP contribution in [0.15, 0.2) is 53.6 Å². The molecule has 0 unspecified atom stereocenters. The lowest BCUT2D eigenvalue weighted by Crippen LogP contribution is -2.25. The minimum absolute atomic E-state index is 0.00257. The molecular weight excluding hydrogens is 324 g/mol. The van der Waals surface area contributed by atoms with Crippen LogP contribution in [0.3, 0.4) is 0 Å². The van der Waals surface area contributed by atoms with E-state index in [-0.39, 0.29) is 23.8 Å². The molecule has 0 aliphatic heterocycles. The van der Waals surface area contributed by atoms with Gasteiger partial charge in [-0.15, -0.1) is 0 Å². The maximum atomic E-state index is 12.9. The van der Waals surface area contributed by atoms with Gasteiger partial charge in [0.1, 0.15) is 0 Å². The number of Topliss-reactive ketones (excluding diaryl/α,β-unsaturated/α-hetero) is 1. The van der Waals surface area contributed by atoms with Crippen molar-refractivity contribution in [2.75, 3.05) is 0 Å². The second-order valence-electron chi connectivity index (χ2n) is 7.27. The minimum Gasteiger partial charge on any atom is -0.292 e. The fraction of sp³-hybridized carbons (Fsp3) is 0.318. The van der Waals surface area contributed by atoms with E-state index in [9.17, 15) is 9.59 Å². The smallest absolute Gasteiger partial charge is 0.261 e. The Morgan fingerprint density at radius 1 is 1.04 bits per heavy atom. The minimum atomic E-state index is -0.186. The zero-order valence-electron chi connectivity index (χ0n) is 15.7. The summed E-state index contributed by atoms with van der Waals surface area (Å²) in [6.07, 6.45) is 1.46. The van der Waals surface area contributed by atoms with Crippen LogP contribution in [0, 0.1) is 0 Å². The molecule has 0 fully saturated rings. The number of para-hydroxylation sites is 1. The molecule has 26 heavy (non-hydrogen) atoms. The zero-order valence-corrected chi connectivity index (χ0v) is 15.7. The monoisotopic (exact) mass is 348 g/mol. The highest BCUT2D eigenvalue weighted by Crippen LogP contribution is 2.25. The maximum Gasteiger partial charge on any atom is 0.261 e. The lowest BCUT2D eigenvalue weighted by Gasteiger charge is -2.16. The maximum absolute atomic E-state index is 12.9. The predicted molar refractivity (Wildman–Crippen MR) is 105 cm³/mol. The van der Waals surface area contributed by atoms with Crippen LogP contribution in [0.5, 0.6) is 0 Å². The van der Waals surface area contributed by atoms with E-state index >= 15 is 0 Å². The number of carbonyl (C=O) groups excluding carboxylic acids is 1. The molecular formula is C22H24N2O2. The van der Waals surface area contributed by atoms with Gasteiger partial charge in [0.05, 0.1) is 23.8 Å². The summed E-state index contributed by atoms with van der Waals surface area (Å²) in [6, 6.07) is 13.2. The van der Waals surface area contributed by atoms with Crippen molar-refractivity contribution >= 4 is 16.7 Å². The van der Waals surface area contributed by atoms with E-state index < -0.39 is 0 Å². The third-order valence-corrected chi connectivity index (χ3v) is 4.71. The van der Waals surface area contributed by atoms with Gasteiger partial charge >= 0.3 is 0 Å². The Bertz CT molecular complexity index is 1020. The molecule has 0 aliphatic carbocycles. The Labute approximate surface area is 153 Å². The number of fused-ring (bicyclic) bond motifs is 1. The van der Waals surface area contributed by atoms with Gasteiger partial charge in [0.15, 0.2) is 5.78 Å².